The van der Waals surface area contributed by atoms with E-state index in [0.717, 1.165) is 4.90 Å². The zero-order chi connectivity index (χ0) is 18.8. The monoisotopic (exact) mass is 417 g/mol. The molecule has 0 aromatic heterocycles. The van der Waals surface area contributed by atoms with E-state index in [1.807, 2.05) is 0 Å². The number of carboxylic acids is 1. The Labute approximate surface area is 154 Å². The van der Waals surface area contributed by atoms with Crippen molar-refractivity contribution in [3.8, 4) is 0 Å². The lowest BCUT2D eigenvalue weighted by Gasteiger charge is -2.26. The molecule has 1 aliphatic heterocycles. The fraction of sp³-hybridized carbons (Fsp3) is 0.529. The molecule has 0 radical (unpaired) electrons. The summed E-state index contributed by atoms with van der Waals surface area (Å²) in [7, 11) is 0. The molecule has 1 amide bonds. The highest BCUT2D eigenvalue weighted by molar-refractivity contribution is 9.10. The number of ether oxygens (including phenoxy) is 2. The highest BCUT2D eigenvalue weighted by Gasteiger charge is 2.42. The predicted octanol–water partition coefficient (Wildman–Crippen LogP) is 3.57. The first kappa shape index (κ1) is 19.7. The van der Waals surface area contributed by atoms with Gasteiger partial charge in [-0.1, -0.05) is 22.0 Å². The summed E-state index contributed by atoms with van der Waals surface area (Å²) >= 11 is 3.18. The summed E-state index contributed by atoms with van der Waals surface area (Å²) in [5.74, 6) is -1.53. The zero-order valence-corrected chi connectivity index (χ0v) is 15.9. The molecule has 1 heterocycles. The lowest BCUT2D eigenvalue weighted by Crippen LogP contribution is -2.43. The second kappa shape index (κ2) is 7.70. The number of hydrogen-bond donors (Lipinski definition) is 1. The standard InChI is InChI=1S/C17H21BrFNO5/c1-17(2,3)25-16(23)20-8-12(7-14(20)15(21)22)24-9-10-4-5-11(18)6-13(10)19/h4-6,12,14H,7-9H2,1-3H3,(H,21,22)/t12-,14+/m1/s1. The predicted molar refractivity (Wildman–Crippen MR) is 91.7 cm³/mol. The molecule has 0 bridgehead atoms. The van der Waals surface area contributed by atoms with Crippen molar-refractivity contribution in [3.05, 3.63) is 34.1 Å². The average molecular weight is 418 g/mol. The number of carbonyl (C=O) groups excluding carboxylic acids is 1. The highest BCUT2D eigenvalue weighted by Crippen LogP contribution is 2.25. The maximum Gasteiger partial charge on any atom is 0.411 e. The number of benzene rings is 1. The van der Waals surface area contributed by atoms with Crippen LogP contribution < -0.4 is 0 Å². The van der Waals surface area contributed by atoms with Crippen molar-refractivity contribution in [1.29, 1.82) is 0 Å². The van der Waals surface area contributed by atoms with Gasteiger partial charge in [0.05, 0.1) is 19.3 Å². The third-order valence-electron chi connectivity index (χ3n) is 3.67. The molecule has 1 aliphatic rings. The van der Waals surface area contributed by atoms with E-state index in [0.29, 0.717) is 10.0 Å². The number of amides is 1. The Morgan fingerprint density at radius 3 is 2.64 bits per heavy atom. The van der Waals surface area contributed by atoms with Crippen molar-refractivity contribution in [2.24, 2.45) is 0 Å². The molecule has 0 saturated carbocycles. The topological polar surface area (TPSA) is 76.1 Å². The molecule has 25 heavy (non-hydrogen) atoms. The molecular formula is C17H21BrFNO5. The molecule has 1 fully saturated rings. The van der Waals surface area contributed by atoms with Crippen LogP contribution in [-0.4, -0.2) is 46.4 Å². The van der Waals surface area contributed by atoms with Gasteiger partial charge in [-0.2, -0.15) is 0 Å². The molecule has 2 atom stereocenters. The van der Waals surface area contributed by atoms with Gasteiger partial charge >= 0.3 is 12.1 Å². The number of halogens is 2. The molecule has 1 N–H and O–H groups in total. The number of carboxylic acid groups (broad SMARTS) is 1. The van der Waals surface area contributed by atoms with E-state index in [4.69, 9.17) is 9.47 Å². The van der Waals surface area contributed by atoms with Crippen LogP contribution in [0.4, 0.5) is 9.18 Å². The number of hydrogen-bond acceptors (Lipinski definition) is 4. The quantitative estimate of drug-likeness (QED) is 0.809. The first-order valence-corrected chi connectivity index (χ1v) is 8.64. The molecule has 6 nitrogen and oxygen atoms in total. The first-order valence-electron chi connectivity index (χ1n) is 7.85. The second-order valence-corrected chi connectivity index (χ2v) is 7.81. The van der Waals surface area contributed by atoms with Crippen LogP contribution in [0.2, 0.25) is 0 Å². The van der Waals surface area contributed by atoms with Crippen LogP contribution in [0, 0.1) is 5.82 Å². The lowest BCUT2D eigenvalue weighted by molar-refractivity contribution is -0.142. The molecule has 0 spiro atoms. The van der Waals surface area contributed by atoms with Crippen LogP contribution in [0.3, 0.4) is 0 Å². The van der Waals surface area contributed by atoms with E-state index in [1.165, 1.54) is 6.07 Å². The van der Waals surface area contributed by atoms with Gasteiger partial charge in [0, 0.05) is 16.5 Å². The van der Waals surface area contributed by atoms with Crippen molar-refractivity contribution in [2.75, 3.05) is 6.54 Å². The van der Waals surface area contributed by atoms with E-state index in [-0.39, 0.29) is 19.6 Å². The van der Waals surface area contributed by atoms with Gasteiger partial charge in [0.25, 0.3) is 0 Å². The minimum absolute atomic E-state index is 0.00171. The maximum absolute atomic E-state index is 13.8. The Kier molecular flexibility index (Phi) is 6.05. The number of likely N-dealkylation sites (tertiary alicyclic amines) is 1. The summed E-state index contributed by atoms with van der Waals surface area (Å²) in [5.41, 5.74) is -0.356. The van der Waals surface area contributed by atoms with Crippen LogP contribution in [0.25, 0.3) is 0 Å². The molecule has 1 saturated heterocycles. The van der Waals surface area contributed by atoms with Gasteiger partial charge in [-0.05, 0) is 32.9 Å². The molecular weight excluding hydrogens is 397 g/mol. The largest absolute Gasteiger partial charge is 0.480 e. The van der Waals surface area contributed by atoms with Crippen molar-refractivity contribution in [1.82, 2.24) is 4.90 Å². The van der Waals surface area contributed by atoms with Crippen LogP contribution in [0.1, 0.15) is 32.8 Å². The first-order chi connectivity index (χ1) is 11.6. The van der Waals surface area contributed by atoms with E-state index in [2.05, 4.69) is 15.9 Å². The SMILES string of the molecule is CC(C)(C)OC(=O)N1C[C@H](OCc2ccc(Br)cc2F)C[C@H]1C(=O)O. The van der Waals surface area contributed by atoms with E-state index < -0.39 is 35.6 Å². The minimum Gasteiger partial charge on any atom is -0.480 e. The molecule has 8 heteroatoms. The number of carbonyl (C=O) groups is 2. The summed E-state index contributed by atoms with van der Waals surface area (Å²) < 4.78 is 25.3. The molecule has 0 unspecified atom stereocenters. The summed E-state index contributed by atoms with van der Waals surface area (Å²) in [6.45, 7) is 5.21. The van der Waals surface area contributed by atoms with E-state index in [9.17, 15) is 19.1 Å². The second-order valence-electron chi connectivity index (χ2n) is 6.89. The number of aliphatic carboxylic acids is 1. The summed E-state index contributed by atoms with van der Waals surface area (Å²) in [4.78, 5) is 24.8. The van der Waals surface area contributed by atoms with Crippen LogP contribution >= 0.6 is 15.9 Å². The molecule has 1 aromatic carbocycles. The van der Waals surface area contributed by atoms with E-state index >= 15 is 0 Å². The van der Waals surface area contributed by atoms with Gasteiger partial charge in [-0.3, -0.25) is 4.90 Å². The summed E-state index contributed by atoms with van der Waals surface area (Å²) in [6, 6.07) is 3.60. The Bertz CT molecular complexity index is 661. The van der Waals surface area contributed by atoms with Gasteiger partial charge in [0.2, 0.25) is 0 Å². The van der Waals surface area contributed by atoms with Gasteiger partial charge < -0.3 is 14.6 Å². The third-order valence-corrected chi connectivity index (χ3v) is 4.16. The Morgan fingerprint density at radius 2 is 2.08 bits per heavy atom. The summed E-state index contributed by atoms with van der Waals surface area (Å²) in [5, 5.41) is 9.34. The zero-order valence-electron chi connectivity index (χ0n) is 14.3. The Balaban J connectivity index is 2.01. The van der Waals surface area contributed by atoms with Crippen molar-refractivity contribution in [3.63, 3.8) is 0 Å². The van der Waals surface area contributed by atoms with Gasteiger partial charge in [0.15, 0.2) is 0 Å². The average Bonchev–Trinajstić information content (AvgIpc) is 2.89. The highest BCUT2D eigenvalue weighted by atomic mass is 79.9. The summed E-state index contributed by atoms with van der Waals surface area (Å²) in [6.07, 6.45) is -1.07. The Morgan fingerprint density at radius 1 is 1.40 bits per heavy atom. The van der Waals surface area contributed by atoms with E-state index in [1.54, 1.807) is 32.9 Å². The van der Waals surface area contributed by atoms with Gasteiger partial charge in [0.1, 0.15) is 17.5 Å². The fourth-order valence-corrected chi connectivity index (χ4v) is 2.85. The van der Waals surface area contributed by atoms with Crippen LogP contribution in [-0.2, 0) is 20.9 Å². The van der Waals surface area contributed by atoms with Crippen molar-refractivity contribution >= 4 is 28.0 Å². The molecule has 2 rings (SSSR count). The van der Waals surface area contributed by atoms with Crippen LogP contribution in [0.5, 0.6) is 0 Å². The van der Waals surface area contributed by atoms with Gasteiger partial charge in [-0.25, -0.2) is 14.0 Å². The normalized spacial score (nSPS) is 20.6. The van der Waals surface area contributed by atoms with Crippen LogP contribution in [0.15, 0.2) is 22.7 Å². The molecule has 138 valence electrons. The minimum atomic E-state index is -1.12. The Hall–Kier alpha value is -1.67. The lowest BCUT2D eigenvalue weighted by atomic mass is 10.2. The van der Waals surface area contributed by atoms with Gasteiger partial charge in [-0.15, -0.1) is 0 Å². The number of nitrogens with zero attached hydrogens (tertiary/aromatic N) is 1. The fourth-order valence-electron chi connectivity index (χ4n) is 2.52. The number of rotatable bonds is 4. The molecule has 0 aliphatic carbocycles. The smallest absolute Gasteiger partial charge is 0.411 e. The van der Waals surface area contributed by atoms with Crippen molar-refractivity contribution in [2.45, 2.75) is 51.5 Å². The van der Waals surface area contributed by atoms with Crippen molar-refractivity contribution < 1.29 is 28.6 Å². The third kappa shape index (κ3) is 5.40. The maximum atomic E-state index is 13.8. The molecule has 1 aromatic rings.